The van der Waals surface area contributed by atoms with Gasteiger partial charge < -0.3 is 9.47 Å². The van der Waals surface area contributed by atoms with Gasteiger partial charge in [-0.2, -0.15) is 0 Å². The highest BCUT2D eigenvalue weighted by molar-refractivity contribution is 5.74. The van der Waals surface area contributed by atoms with E-state index in [1.807, 2.05) is 13.8 Å². The Bertz CT molecular complexity index is 328. The maximum Gasteiger partial charge on any atom is 0.150 e. The SMILES string of the molecule is COC(C)(C)CCOc1ccc(C=O)cc1. The molecule has 0 atom stereocenters. The molecule has 3 heteroatoms. The second-order valence-corrected chi connectivity index (χ2v) is 4.25. The van der Waals surface area contributed by atoms with Gasteiger partial charge in [0.25, 0.3) is 0 Å². The second kappa shape index (κ2) is 5.66. The van der Waals surface area contributed by atoms with Crippen molar-refractivity contribution in [2.45, 2.75) is 25.9 Å². The Hall–Kier alpha value is -1.35. The van der Waals surface area contributed by atoms with E-state index in [2.05, 4.69) is 0 Å². The van der Waals surface area contributed by atoms with Gasteiger partial charge in [-0.05, 0) is 38.1 Å². The number of hydrogen-bond donors (Lipinski definition) is 0. The van der Waals surface area contributed by atoms with Crippen molar-refractivity contribution in [1.29, 1.82) is 0 Å². The van der Waals surface area contributed by atoms with E-state index in [1.54, 1.807) is 31.4 Å². The third-order valence-corrected chi connectivity index (χ3v) is 2.54. The Kier molecular flexibility index (Phi) is 4.50. The van der Waals surface area contributed by atoms with Crippen LogP contribution in [0, 0.1) is 0 Å². The molecule has 0 saturated carbocycles. The van der Waals surface area contributed by atoms with Crippen LogP contribution in [-0.4, -0.2) is 25.6 Å². The quantitative estimate of drug-likeness (QED) is 0.694. The second-order valence-electron chi connectivity index (χ2n) is 4.25. The van der Waals surface area contributed by atoms with Crippen molar-refractivity contribution in [3.05, 3.63) is 29.8 Å². The molecule has 1 aromatic rings. The molecule has 0 aliphatic heterocycles. The van der Waals surface area contributed by atoms with Crippen molar-refractivity contribution in [2.24, 2.45) is 0 Å². The number of carbonyl (C=O) groups excluding carboxylic acids is 1. The highest BCUT2D eigenvalue weighted by Gasteiger charge is 2.15. The summed E-state index contributed by atoms with van der Waals surface area (Å²) in [7, 11) is 1.69. The zero-order valence-corrected chi connectivity index (χ0v) is 10.0. The van der Waals surface area contributed by atoms with Crippen molar-refractivity contribution in [2.75, 3.05) is 13.7 Å². The minimum Gasteiger partial charge on any atom is -0.493 e. The van der Waals surface area contributed by atoms with Crippen LogP contribution in [0.1, 0.15) is 30.6 Å². The Morgan fingerprint density at radius 1 is 1.25 bits per heavy atom. The summed E-state index contributed by atoms with van der Waals surface area (Å²) in [4.78, 5) is 10.4. The fourth-order valence-corrected chi connectivity index (χ4v) is 1.16. The number of carbonyl (C=O) groups is 1. The molecule has 0 radical (unpaired) electrons. The molecule has 0 aliphatic carbocycles. The maximum absolute atomic E-state index is 10.4. The van der Waals surface area contributed by atoms with Crippen LogP contribution in [0.5, 0.6) is 5.75 Å². The van der Waals surface area contributed by atoms with Gasteiger partial charge in [-0.15, -0.1) is 0 Å². The molecule has 1 aromatic carbocycles. The topological polar surface area (TPSA) is 35.5 Å². The van der Waals surface area contributed by atoms with E-state index < -0.39 is 0 Å². The Labute approximate surface area is 96.4 Å². The zero-order valence-electron chi connectivity index (χ0n) is 10.0. The van der Waals surface area contributed by atoms with Crippen LogP contribution >= 0.6 is 0 Å². The van der Waals surface area contributed by atoms with Crippen molar-refractivity contribution < 1.29 is 14.3 Å². The first-order valence-electron chi connectivity index (χ1n) is 5.30. The van der Waals surface area contributed by atoms with E-state index in [4.69, 9.17) is 9.47 Å². The minimum atomic E-state index is -0.164. The molecule has 0 spiro atoms. The molecule has 0 heterocycles. The number of hydrogen-bond acceptors (Lipinski definition) is 3. The van der Waals surface area contributed by atoms with Gasteiger partial charge in [-0.3, -0.25) is 4.79 Å². The lowest BCUT2D eigenvalue weighted by molar-refractivity contribution is 0.00546. The zero-order chi connectivity index (χ0) is 12.0. The first-order valence-corrected chi connectivity index (χ1v) is 5.30. The Morgan fingerprint density at radius 3 is 2.38 bits per heavy atom. The predicted molar refractivity (Wildman–Crippen MR) is 63.0 cm³/mol. The normalized spacial score (nSPS) is 11.2. The molecular formula is C13H18O3. The van der Waals surface area contributed by atoms with E-state index in [-0.39, 0.29) is 5.60 Å². The van der Waals surface area contributed by atoms with Gasteiger partial charge in [-0.25, -0.2) is 0 Å². The van der Waals surface area contributed by atoms with E-state index in [1.165, 1.54) is 0 Å². The number of aldehydes is 1. The van der Waals surface area contributed by atoms with Gasteiger partial charge in [0.05, 0.1) is 12.2 Å². The monoisotopic (exact) mass is 222 g/mol. The maximum atomic E-state index is 10.4. The molecular weight excluding hydrogens is 204 g/mol. The van der Waals surface area contributed by atoms with Crippen molar-refractivity contribution in [3.63, 3.8) is 0 Å². The fourth-order valence-electron chi connectivity index (χ4n) is 1.16. The number of methoxy groups -OCH3 is 1. The van der Waals surface area contributed by atoms with Crippen LogP contribution in [0.25, 0.3) is 0 Å². The van der Waals surface area contributed by atoms with Gasteiger partial charge in [0.1, 0.15) is 12.0 Å². The summed E-state index contributed by atoms with van der Waals surface area (Å²) in [5.41, 5.74) is 0.493. The van der Waals surface area contributed by atoms with E-state index >= 15 is 0 Å². The van der Waals surface area contributed by atoms with Crippen LogP contribution in [0.2, 0.25) is 0 Å². The van der Waals surface area contributed by atoms with Crippen LogP contribution in [0.15, 0.2) is 24.3 Å². The fraction of sp³-hybridized carbons (Fsp3) is 0.462. The Morgan fingerprint density at radius 2 is 1.88 bits per heavy atom. The standard InChI is InChI=1S/C13H18O3/c1-13(2,15-3)8-9-16-12-6-4-11(10-14)5-7-12/h4-7,10H,8-9H2,1-3H3. The summed E-state index contributed by atoms with van der Waals surface area (Å²) in [6.45, 7) is 4.64. The molecule has 0 fully saturated rings. The molecule has 0 aromatic heterocycles. The lowest BCUT2D eigenvalue weighted by Gasteiger charge is -2.22. The molecule has 88 valence electrons. The van der Waals surface area contributed by atoms with Crippen LogP contribution in [-0.2, 0) is 4.74 Å². The molecule has 0 unspecified atom stereocenters. The lowest BCUT2D eigenvalue weighted by atomic mass is 10.1. The number of rotatable bonds is 6. The number of benzene rings is 1. The Balaban J connectivity index is 2.40. The van der Waals surface area contributed by atoms with Gasteiger partial charge in [0.2, 0.25) is 0 Å². The summed E-state index contributed by atoms with van der Waals surface area (Å²) in [5, 5.41) is 0. The third-order valence-electron chi connectivity index (χ3n) is 2.54. The number of ether oxygens (including phenoxy) is 2. The summed E-state index contributed by atoms with van der Waals surface area (Å²) in [6, 6.07) is 7.07. The highest BCUT2D eigenvalue weighted by Crippen LogP contribution is 2.15. The van der Waals surface area contributed by atoms with Gasteiger partial charge >= 0.3 is 0 Å². The first kappa shape index (κ1) is 12.7. The van der Waals surface area contributed by atoms with Gasteiger partial charge in [0, 0.05) is 19.1 Å². The molecule has 0 amide bonds. The summed E-state index contributed by atoms with van der Waals surface area (Å²) in [6.07, 6.45) is 1.64. The predicted octanol–water partition coefficient (Wildman–Crippen LogP) is 2.69. The van der Waals surface area contributed by atoms with E-state index in [9.17, 15) is 4.79 Å². The first-order chi connectivity index (χ1) is 7.57. The molecule has 1 rings (SSSR count). The van der Waals surface area contributed by atoms with E-state index in [0.29, 0.717) is 12.2 Å². The average Bonchev–Trinajstić information content (AvgIpc) is 2.30. The van der Waals surface area contributed by atoms with Gasteiger partial charge in [0.15, 0.2) is 0 Å². The molecule has 0 bridgehead atoms. The van der Waals surface area contributed by atoms with Crippen LogP contribution < -0.4 is 4.74 Å². The summed E-state index contributed by atoms with van der Waals surface area (Å²) >= 11 is 0. The molecule has 3 nitrogen and oxygen atoms in total. The van der Waals surface area contributed by atoms with Crippen molar-refractivity contribution in [3.8, 4) is 5.75 Å². The summed E-state index contributed by atoms with van der Waals surface area (Å²) in [5.74, 6) is 0.775. The van der Waals surface area contributed by atoms with Crippen LogP contribution in [0.3, 0.4) is 0 Å². The van der Waals surface area contributed by atoms with Gasteiger partial charge in [-0.1, -0.05) is 0 Å². The summed E-state index contributed by atoms with van der Waals surface area (Å²) < 4.78 is 10.8. The largest absolute Gasteiger partial charge is 0.493 e. The minimum absolute atomic E-state index is 0.164. The van der Waals surface area contributed by atoms with Crippen molar-refractivity contribution in [1.82, 2.24) is 0 Å². The van der Waals surface area contributed by atoms with Crippen LogP contribution in [0.4, 0.5) is 0 Å². The lowest BCUT2D eigenvalue weighted by Crippen LogP contribution is -2.25. The molecule has 0 aliphatic rings. The highest BCUT2D eigenvalue weighted by atomic mass is 16.5. The molecule has 16 heavy (non-hydrogen) atoms. The molecule has 0 N–H and O–H groups in total. The smallest absolute Gasteiger partial charge is 0.150 e. The molecule has 0 saturated heterocycles. The third kappa shape index (κ3) is 4.03. The van der Waals surface area contributed by atoms with E-state index in [0.717, 1.165) is 18.5 Å². The average molecular weight is 222 g/mol. The van der Waals surface area contributed by atoms with Crippen molar-refractivity contribution >= 4 is 6.29 Å².